The molecule has 2 heterocycles. The van der Waals surface area contributed by atoms with Gasteiger partial charge in [0.05, 0.1) is 19.1 Å². The first-order valence-corrected chi connectivity index (χ1v) is 7.67. The van der Waals surface area contributed by atoms with Crippen LogP contribution in [0.1, 0.15) is 0 Å². The number of benzene rings is 1. The molecule has 0 saturated carbocycles. The van der Waals surface area contributed by atoms with Crippen molar-refractivity contribution >= 4 is 33.7 Å². The van der Waals surface area contributed by atoms with Crippen LogP contribution < -0.4 is 0 Å². The molecule has 0 unspecified atom stereocenters. The molecule has 0 atom stereocenters. The minimum atomic E-state index is -0.827. The van der Waals surface area contributed by atoms with Gasteiger partial charge < -0.3 is 5.11 Å². The molecule has 0 radical (unpaired) electrons. The van der Waals surface area contributed by atoms with E-state index in [1.54, 1.807) is 0 Å². The van der Waals surface area contributed by atoms with Gasteiger partial charge in [0.1, 0.15) is 0 Å². The first-order valence-electron chi connectivity index (χ1n) is 5.89. The summed E-state index contributed by atoms with van der Waals surface area (Å²) in [7, 11) is 0. The third-order valence-electron chi connectivity index (χ3n) is 2.90. The molecule has 1 N–H and O–H groups in total. The molecule has 0 saturated heterocycles. The summed E-state index contributed by atoms with van der Waals surface area (Å²) in [5.74, 6) is 0.549. The highest BCUT2D eigenvalue weighted by Crippen LogP contribution is 2.29. The average Bonchev–Trinajstić information content (AvgIpc) is 2.82. The normalized spacial score (nSPS) is 15.1. The van der Waals surface area contributed by atoms with Gasteiger partial charge in [-0.15, -0.1) is 10.2 Å². The summed E-state index contributed by atoms with van der Waals surface area (Å²) in [5, 5.41) is 18.1. The molecular weight excluding hydrogens is 344 g/mol. The number of halogens is 1. The van der Waals surface area contributed by atoms with Crippen molar-refractivity contribution in [3.05, 3.63) is 28.7 Å². The maximum Gasteiger partial charge on any atom is 0.317 e. The number of carboxylic acid groups (broad SMARTS) is 1. The highest BCUT2D eigenvalue weighted by Gasteiger charge is 2.23. The molecule has 3 rings (SSSR count). The fourth-order valence-corrected chi connectivity index (χ4v) is 3.15. The van der Waals surface area contributed by atoms with Gasteiger partial charge in [-0.05, 0) is 12.1 Å². The molecule has 2 aromatic rings. The van der Waals surface area contributed by atoms with E-state index in [1.807, 2.05) is 33.7 Å². The molecule has 6 nitrogen and oxygen atoms in total. The highest BCUT2D eigenvalue weighted by atomic mass is 79.9. The van der Waals surface area contributed by atoms with Crippen molar-refractivity contribution in [1.29, 1.82) is 0 Å². The van der Waals surface area contributed by atoms with Crippen LogP contribution in [0.3, 0.4) is 0 Å². The predicted octanol–water partition coefficient (Wildman–Crippen LogP) is 2.11. The van der Waals surface area contributed by atoms with Gasteiger partial charge in [-0.25, -0.2) is 0 Å². The summed E-state index contributed by atoms with van der Waals surface area (Å²) in [5.41, 5.74) is 0.963. The zero-order valence-electron chi connectivity index (χ0n) is 10.4. The lowest BCUT2D eigenvalue weighted by Crippen LogP contribution is -2.34. The van der Waals surface area contributed by atoms with Gasteiger partial charge >= 0.3 is 5.97 Å². The molecule has 1 aliphatic heterocycles. The van der Waals surface area contributed by atoms with E-state index in [9.17, 15) is 4.79 Å². The number of fused-ring (bicyclic) bond motifs is 1. The van der Waals surface area contributed by atoms with Crippen molar-refractivity contribution in [2.75, 3.05) is 12.4 Å². The minimum absolute atomic E-state index is 0.0183. The Labute approximate surface area is 127 Å². The molecule has 1 aromatic carbocycles. The summed E-state index contributed by atoms with van der Waals surface area (Å²) >= 11 is 4.90. The number of nitrogens with zero attached hydrogens (tertiary/aromatic N) is 4. The van der Waals surface area contributed by atoms with E-state index in [0.29, 0.717) is 12.5 Å². The van der Waals surface area contributed by atoms with Gasteiger partial charge in [-0.3, -0.25) is 14.3 Å². The van der Waals surface area contributed by atoms with E-state index in [2.05, 4.69) is 26.1 Å². The van der Waals surface area contributed by atoms with E-state index < -0.39 is 5.97 Å². The van der Waals surface area contributed by atoms with Crippen molar-refractivity contribution in [2.45, 2.75) is 11.8 Å². The Balaban J connectivity index is 1.90. The zero-order valence-corrected chi connectivity index (χ0v) is 12.8. The molecule has 104 valence electrons. The van der Waals surface area contributed by atoms with Crippen LogP contribution in [0.5, 0.6) is 0 Å². The number of thioether (sulfide) groups is 1. The minimum Gasteiger partial charge on any atom is -0.480 e. The third kappa shape index (κ3) is 2.72. The standard InChI is InChI=1S/C12H11BrN4O2S/c13-9-3-1-8(2-4-9)11-14-15-12-17(11)6-16(7-20-12)5-10(18)19/h1-4H,5-7H2,(H,18,19). The van der Waals surface area contributed by atoms with Crippen LogP contribution in [-0.4, -0.2) is 43.2 Å². The summed E-state index contributed by atoms with van der Waals surface area (Å²) in [6.45, 7) is 0.511. The van der Waals surface area contributed by atoms with Crippen LogP contribution in [0.25, 0.3) is 11.4 Å². The highest BCUT2D eigenvalue weighted by molar-refractivity contribution is 9.10. The van der Waals surface area contributed by atoms with Crippen LogP contribution in [0.4, 0.5) is 0 Å². The Bertz CT molecular complexity index is 643. The maximum atomic E-state index is 10.8. The van der Waals surface area contributed by atoms with Gasteiger partial charge in [-0.2, -0.15) is 0 Å². The first kappa shape index (κ1) is 13.6. The summed E-state index contributed by atoms with van der Waals surface area (Å²) in [4.78, 5) is 12.7. The van der Waals surface area contributed by atoms with Gasteiger partial charge in [0.25, 0.3) is 0 Å². The molecular formula is C12H11BrN4O2S. The van der Waals surface area contributed by atoms with E-state index in [4.69, 9.17) is 5.11 Å². The number of rotatable bonds is 3. The molecule has 1 aromatic heterocycles. The predicted molar refractivity (Wildman–Crippen MR) is 78.2 cm³/mol. The summed E-state index contributed by atoms with van der Waals surface area (Å²) in [6.07, 6.45) is 0. The lowest BCUT2D eigenvalue weighted by atomic mass is 10.2. The van der Waals surface area contributed by atoms with Crippen LogP contribution in [0.15, 0.2) is 33.9 Å². The smallest absolute Gasteiger partial charge is 0.317 e. The van der Waals surface area contributed by atoms with Crippen LogP contribution in [0, 0.1) is 0 Å². The fourth-order valence-electron chi connectivity index (χ4n) is 2.01. The van der Waals surface area contributed by atoms with Crippen molar-refractivity contribution in [3.8, 4) is 11.4 Å². The second-order valence-corrected chi connectivity index (χ2v) is 6.21. The zero-order chi connectivity index (χ0) is 14.1. The summed E-state index contributed by atoms with van der Waals surface area (Å²) in [6, 6.07) is 7.81. The van der Waals surface area contributed by atoms with Gasteiger partial charge in [0.2, 0.25) is 0 Å². The molecule has 8 heteroatoms. The Morgan fingerprint density at radius 2 is 2.10 bits per heavy atom. The molecule has 0 fully saturated rings. The Morgan fingerprint density at radius 3 is 2.80 bits per heavy atom. The van der Waals surface area contributed by atoms with Crippen molar-refractivity contribution < 1.29 is 9.90 Å². The number of carbonyl (C=O) groups is 1. The van der Waals surface area contributed by atoms with Crippen molar-refractivity contribution in [2.24, 2.45) is 0 Å². The number of aromatic nitrogens is 3. The molecule has 1 aliphatic rings. The van der Waals surface area contributed by atoms with Crippen molar-refractivity contribution in [3.63, 3.8) is 0 Å². The Hall–Kier alpha value is -1.38. The quantitative estimate of drug-likeness (QED) is 0.910. The summed E-state index contributed by atoms with van der Waals surface area (Å²) < 4.78 is 2.95. The Morgan fingerprint density at radius 1 is 1.35 bits per heavy atom. The van der Waals surface area contributed by atoms with E-state index >= 15 is 0 Å². The van der Waals surface area contributed by atoms with Crippen LogP contribution in [0.2, 0.25) is 0 Å². The molecule has 0 spiro atoms. The molecule has 0 amide bonds. The molecule has 20 heavy (non-hydrogen) atoms. The van der Waals surface area contributed by atoms with E-state index in [-0.39, 0.29) is 6.54 Å². The lowest BCUT2D eigenvalue weighted by molar-refractivity contribution is -0.138. The number of carboxylic acids is 1. The Kier molecular flexibility index (Phi) is 3.77. The van der Waals surface area contributed by atoms with Gasteiger partial charge in [0, 0.05) is 10.0 Å². The number of hydrogen-bond acceptors (Lipinski definition) is 5. The van der Waals surface area contributed by atoms with Crippen molar-refractivity contribution in [1.82, 2.24) is 19.7 Å². The molecule has 0 aliphatic carbocycles. The lowest BCUT2D eigenvalue weighted by Gasteiger charge is -2.26. The first-order chi connectivity index (χ1) is 9.63. The third-order valence-corrected chi connectivity index (χ3v) is 4.48. The number of aliphatic carboxylic acids is 1. The number of hydrogen-bond donors (Lipinski definition) is 1. The second kappa shape index (κ2) is 5.55. The second-order valence-electron chi connectivity index (χ2n) is 4.38. The monoisotopic (exact) mass is 354 g/mol. The maximum absolute atomic E-state index is 10.8. The van der Waals surface area contributed by atoms with Gasteiger partial charge in [-0.1, -0.05) is 39.8 Å². The van der Waals surface area contributed by atoms with Crippen LogP contribution in [-0.2, 0) is 11.5 Å². The molecule has 0 bridgehead atoms. The largest absolute Gasteiger partial charge is 0.480 e. The fraction of sp³-hybridized carbons (Fsp3) is 0.250. The topological polar surface area (TPSA) is 71.2 Å². The van der Waals surface area contributed by atoms with E-state index in [0.717, 1.165) is 21.0 Å². The average molecular weight is 355 g/mol. The van der Waals surface area contributed by atoms with E-state index in [1.165, 1.54) is 11.8 Å². The van der Waals surface area contributed by atoms with Gasteiger partial charge in [0.15, 0.2) is 11.0 Å². The SMILES string of the molecule is O=C(O)CN1CSc2nnc(-c3ccc(Br)cc3)n2C1. The van der Waals surface area contributed by atoms with Crippen LogP contribution >= 0.6 is 27.7 Å².